The van der Waals surface area contributed by atoms with Crippen molar-refractivity contribution in [3.8, 4) is 0 Å². The summed E-state index contributed by atoms with van der Waals surface area (Å²) < 4.78 is 26.8. The van der Waals surface area contributed by atoms with Crippen LogP contribution in [-0.2, 0) is 21.2 Å². The van der Waals surface area contributed by atoms with Crippen LogP contribution in [0, 0.1) is 0 Å². The maximum Gasteiger partial charge on any atom is 0.241 e. The zero-order valence-electron chi connectivity index (χ0n) is 10.8. The van der Waals surface area contributed by atoms with Gasteiger partial charge in [-0.05, 0) is 37.0 Å². The van der Waals surface area contributed by atoms with Gasteiger partial charge in [0.2, 0.25) is 15.9 Å². The summed E-state index contributed by atoms with van der Waals surface area (Å²) in [5, 5.41) is 2.66. The molecule has 1 atom stereocenters. The highest BCUT2D eigenvalue weighted by Gasteiger charge is 2.27. The lowest BCUT2D eigenvalue weighted by molar-refractivity contribution is -0.124. The monoisotopic (exact) mass is 282 g/mol. The summed E-state index contributed by atoms with van der Waals surface area (Å²) in [5.74, 6) is -0.250. The minimum atomic E-state index is -3.63. The third-order valence-corrected chi connectivity index (χ3v) is 4.71. The Bertz CT molecular complexity index is 552. The number of amides is 1. The van der Waals surface area contributed by atoms with Crippen molar-refractivity contribution < 1.29 is 13.2 Å². The molecule has 1 fully saturated rings. The highest BCUT2D eigenvalue weighted by molar-refractivity contribution is 7.89. The van der Waals surface area contributed by atoms with Gasteiger partial charge in [-0.15, -0.1) is 0 Å². The summed E-state index contributed by atoms with van der Waals surface area (Å²) in [6, 6.07) is 6.05. The number of rotatable bonds is 4. The average molecular weight is 282 g/mol. The summed E-state index contributed by atoms with van der Waals surface area (Å²) in [6.07, 6.45) is 2.19. The fourth-order valence-corrected chi connectivity index (χ4v) is 3.27. The van der Waals surface area contributed by atoms with Gasteiger partial charge in [0.1, 0.15) is 6.04 Å². The first-order chi connectivity index (χ1) is 9.03. The van der Waals surface area contributed by atoms with Crippen molar-refractivity contribution >= 4 is 15.9 Å². The third-order valence-electron chi connectivity index (χ3n) is 3.22. The van der Waals surface area contributed by atoms with E-state index in [0.717, 1.165) is 18.4 Å². The molecule has 1 aromatic carbocycles. The first-order valence-electron chi connectivity index (χ1n) is 6.42. The Hall–Kier alpha value is -1.40. The predicted molar refractivity (Wildman–Crippen MR) is 72.2 cm³/mol. The standard InChI is InChI=1S/C13H18N2O3S/c1-2-10-5-7-11(8-6-10)19(17,18)15-12-4-3-9-14-13(12)16/h5-8,12,15H,2-4,9H2,1H3,(H,14,16)/t12-/m1/s1. The largest absolute Gasteiger partial charge is 0.355 e. The maximum absolute atomic E-state index is 12.2. The molecule has 1 saturated heterocycles. The van der Waals surface area contributed by atoms with E-state index in [1.807, 2.05) is 6.92 Å². The zero-order chi connectivity index (χ0) is 13.9. The van der Waals surface area contributed by atoms with E-state index in [0.29, 0.717) is 13.0 Å². The molecule has 0 unspecified atom stereocenters. The molecular weight excluding hydrogens is 264 g/mol. The fraction of sp³-hybridized carbons (Fsp3) is 0.462. The van der Waals surface area contributed by atoms with Crippen molar-refractivity contribution in [3.05, 3.63) is 29.8 Å². The molecule has 6 heteroatoms. The molecule has 2 rings (SSSR count). The van der Waals surface area contributed by atoms with Crippen LogP contribution in [0.15, 0.2) is 29.2 Å². The number of carbonyl (C=O) groups is 1. The van der Waals surface area contributed by atoms with Crippen LogP contribution >= 0.6 is 0 Å². The van der Waals surface area contributed by atoms with E-state index < -0.39 is 16.1 Å². The number of aryl methyl sites for hydroxylation is 1. The second-order valence-electron chi connectivity index (χ2n) is 4.60. The predicted octanol–water partition coefficient (Wildman–Crippen LogP) is 0.806. The summed E-state index contributed by atoms with van der Waals surface area (Å²) in [7, 11) is -3.63. The van der Waals surface area contributed by atoms with Crippen LogP contribution in [0.5, 0.6) is 0 Å². The molecule has 1 aromatic rings. The molecule has 1 heterocycles. The first kappa shape index (κ1) is 14.0. The van der Waals surface area contributed by atoms with Gasteiger partial charge in [0.15, 0.2) is 0 Å². The molecule has 0 aromatic heterocycles. The van der Waals surface area contributed by atoms with E-state index in [-0.39, 0.29) is 10.8 Å². The summed E-state index contributed by atoms with van der Waals surface area (Å²) in [4.78, 5) is 11.8. The lowest BCUT2D eigenvalue weighted by Gasteiger charge is -2.22. The second-order valence-corrected chi connectivity index (χ2v) is 6.32. The zero-order valence-corrected chi connectivity index (χ0v) is 11.7. The highest BCUT2D eigenvalue weighted by atomic mass is 32.2. The molecule has 2 N–H and O–H groups in total. The first-order valence-corrected chi connectivity index (χ1v) is 7.90. The SMILES string of the molecule is CCc1ccc(S(=O)(=O)N[C@@H]2CCCNC2=O)cc1. The lowest BCUT2D eigenvalue weighted by atomic mass is 10.1. The smallest absolute Gasteiger partial charge is 0.241 e. The van der Waals surface area contributed by atoms with E-state index in [4.69, 9.17) is 0 Å². The van der Waals surface area contributed by atoms with Gasteiger partial charge < -0.3 is 5.32 Å². The van der Waals surface area contributed by atoms with E-state index in [9.17, 15) is 13.2 Å². The minimum absolute atomic E-state index is 0.197. The molecule has 1 amide bonds. The number of piperidine rings is 1. The van der Waals surface area contributed by atoms with E-state index in [1.165, 1.54) is 0 Å². The number of sulfonamides is 1. The molecule has 0 spiro atoms. The molecule has 1 aliphatic rings. The van der Waals surface area contributed by atoms with Crippen LogP contribution in [0.3, 0.4) is 0 Å². The van der Waals surface area contributed by atoms with Gasteiger partial charge in [0.05, 0.1) is 4.90 Å². The van der Waals surface area contributed by atoms with Crippen molar-refractivity contribution in [1.82, 2.24) is 10.0 Å². The third kappa shape index (κ3) is 3.33. The molecule has 104 valence electrons. The van der Waals surface area contributed by atoms with Gasteiger partial charge in [0.25, 0.3) is 0 Å². The molecule has 1 aliphatic heterocycles. The number of hydrogen-bond acceptors (Lipinski definition) is 3. The Morgan fingerprint density at radius 1 is 1.32 bits per heavy atom. The summed E-state index contributed by atoms with van der Waals surface area (Å²) in [5.41, 5.74) is 1.08. The average Bonchev–Trinajstić information content (AvgIpc) is 2.41. The number of hydrogen-bond donors (Lipinski definition) is 2. The van der Waals surface area contributed by atoms with Gasteiger partial charge in [0, 0.05) is 6.54 Å². The topological polar surface area (TPSA) is 75.3 Å². The van der Waals surface area contributed by atoms with Crippen LogP contribution in [0.2, 0.25) is 0 Å². The molecular formula is C13H18N2O3S. The normalized spacial score (nSPS) is 20.1. The van der Waals surface area contributed by atoms with Gasteiger partial charge >= 0.3 is 0 Å². The Kier molecular flexibility index (Phi) is 4.21. The van der Waals surface area contributed by atoms with Crippen LogP contribution in [0.1, 0.15) is 25.3 Å². The Morgan fingerprint density at radius 3 is 2.58 bits per heavy atom. The van der Waals surface area contributed by atoms with Crippen LogP contribution in [0.25, 0.3) is 0 Å². The van der Waals surface area contributed by atoms with Crippen molar-refractivity contribution in [2.75, 3.05) is 6.54 Å². The second kappa shape index (κ2) is 5.71. The Balaban J connectivity index is 2.14. The van der Waals surface area contributed by atoms with Crippen molar-refractivity contribution in [3.63, 3.8) is 0 Å². The Labute approximate surface area is 113 Å². The summed E-state index contributed by atoms with van der Waals surface area (Å²) in [6.45, 7) is 2.62. The Morgan fingerprint density at radius 2 is 2.00 bits per heavy atom. The number of carbonyl (C=O) groups excluding carboxylic acids is 1. The minimum Gasteiger partial charge on any atom is -0.355 e. The van der Waals surface area contributed by atoms with Crippen molar-refractivity contribution in [2.45, 2.75) is 37.1 Å². The molecule has 0 saturated carbocycles. The highest BCUT2D eigenvalue weighted by Crippen LogP contribution is 2.13. The van der Waals surface area contributed by atoms with E-state index in [2.05, 4.69) is 10.0 Å². The molecule has 0 radical (unpaired) electrons. The van der Waals surface area contributed by atoms with E-state index in [1.54, 1.807) is 24.3 Å². The quantitative estimate of drug-likeness (QED) is 0.858. The van der Waals surface area contributed by atoms with Gasteiger partial charge in [-0.1, -0.05) is 19.1 Å². The summed E-state index contributed by atoms with van der Waals surface area (Å²) >= 11 is 0. The molecule has 5 nitrogen and oxygen atoms in total. The molecule has 19 heavy (non-hydrogen) atoms. The number of nitrogens with one attached hydrogen (secondary N) is 2. The van der Waals surface area contributed by atoms with Crippen LogP contribution in [0.4, 0.5) is 0 Å². The molecule has 0 aliphatic carbocycles. The van der Waals surface area contributed by atoms with Gasteiger partial charge in [-0.3, -0.25) is 4.79 Å². The van der Waals surface area contributed by atoms with Gasteiger partial charge in [-0.25, -0.2) is 8.42 Å². The van der Waals surface area contributed by atoms with Crippen molar-refractivity contribution in [2.24, 2.45) is 0 Å². The molecule has 0 bridgehead atoms. The maximum atomic E-state index is 12.2. The van der Waals surface area contributed by atoms with E-state index >= 15 is 0 Å². The van der Waals surface area contributed by atoms with Gasteiger partial charge in [-0.2, -0.15) is 4.72 Å². The van der Waals surface area contributed by atoms with Crippen molar-refractivity contribution in [1.29, 1.82) is 0 Å². The van der Waals surface area contributed by atoms with Crippen LogP contribution in [-0.4, -0.2) is 26.9 Å². The fourth-order valence-electron chi connectivity index (χ4n) is 2.04. The lowest BCUT2D eigenvalue weighted by Crippen LogP contribution is -2.50. The van der Waals surface area contributed by atoms with Crippen LogP contribution < -0.4 is 10.0 Å². The number of benzene rings is 1.